The third kappa shape index (κ3) is 4.26. The van der Waals surface area contributed by atoms with Gasteiger partial charge in [-0.05, 0) is 38.1 Å². The first kappa shape index (κ1) is 13.2. The zero-order chi connectivity index (χ0) is 12.8. The van der Waals surface area contributed by atoms with E-state index in [1.54, 1.807) is 12.1 Å². The van der Waals surface area contributed by atoms with Gasteiger partial charge in [-0.2, -0.15) is 0 Å². The second-order valence-corrected chi connectivity index (χ2v) is 4.29. The minimum absolute atomic E-state index is 0.0121. The van der Waals surface area contributed by atoms with Crippen LogP contribution in [0.25, 0.3) is 0 Å². The van der Waals surface area contributed by atoms with E-state index >= 15 is 0 Å². The maximum Gasteiger partial charge on any atom is 0.239 e. The standard InChI is InChI=1S/C13H18N2O2/c1-10(2)14-13(17)8-15(3)12-6-4-11(9-16)5-7-12/h4-7,9-10H,8H2,1-3H3,(H,14,17). The molecular weight excluding hydrogens is 216 g/mol. The number of hydrogen-bond acceptors (Lipinski definition) is 3. The van der Waals surface area contributed by atoms with E-state index in [4.69, 9.17) is 0 Å². The largest absolute Gasteiger partial charge is 0.365 e. The molecule has 0 saturated heterocycles. The lowest BCUT2D eigenvalue weighted by atomic mass is 10.2. The summed E-state index contributed by atoms with van der Waals surface area (Å²) in [6.45, 7) is 4.16. The van der Waals surface area contributed by atoms with Crippen molar-refractivity contribution in [2.24, 2.45) is 0 Å². The molecule has 1 N–H and O–H groups in total. The van der Waals surface area contributed by atoms with Gasteiger partial charge in [0.25, 0.3) is 0 Å². The number of rotatable bonds is 5. The Labute approximate surface area is 102 Å². The quantitative estimate of drug-likeness (QED) is 0.785. The smallest absolute Gasteiger partial charge is 0.239 e. The maximum absolute atomic E-state index is 11.6. The van der Waals surface area contributed by atoms with E-state index < -0.39 is 0 Å². The molecule has 0 fully saturated rings. The van der Waals surface area contributed by atoms with Crippen LogP contribution in [0.1, 0.15) is 24.2 Å². The number of anilines is 1. The van der Waals surface area contributed by atoms with E-state index in [1.807, 2.05) is 37.9 Å². The monoisotopic (exact) mass is 234 g/mol. The van der Waals surface area contributed by atoms with Crippen LogP contribution in [0.15, 0.2) is 24.3 Å². The normalized spacial score (nSPS) is 10.1. The summed E-state index contributed by atoms with van der Waals surface area (Å²) in [6, 6.07) is 7.27. The molecule has 1 aromatic carbocycles. The van der Waals surface area contributed by atoms with E-state index in [0.29, 0.717) is 12.1 Å². The zero-order valence-electron chi connectivity index (χ0n) is 10.4. The summed E-state index contributed by atoms with van der Waals surface area (Å²) in [5, 5.41) is 2.83. The van der Waals surface area contributed by atoms with E-state index in [-0.39, 0.29) is 11.9 Å². The molecule has 0 saturated carbocycles. The van der Waals surface area contributed by atoms with Crippen molar-refractivity contribution < 1.29 is 9.59 Å². The molecule has 1 aromatic rings. The third-order valence-electron chi connectivity index (χ3n) is 2.30. The molecule has 0 radical (unpaired) electrons. The predicted molar refractivity (Wildman–Crippen MR) is 68.4 cm³/mol. The van der Waals surface area contributed by atoms with E-state index in [9.17, 15) is 9.59 Å². The van der Waals surface area contributed by atoms with Crippen molar-refractivity contribution in [1.82, 2.24) is 5.32 Å². The number of likely N-dealkylation sites (N-methyl/N-ethyl adjacent to an activating group) is 1. The topological polar surface area (TPSA) is 49.4 Å². The Morgan fingerprint density at radius 2 is 1.94 bits per heavy atom. The van der Waals surface area contributed by atoms with E-state index in [0.717, 1.165) is 12.0 Å². The lowest BCUT2D eigenvalue weighted by Crippen LogP contribution is -2.38. The molecule has 17 heavy (non-hydrogen) atoms. The van der Waals surface area contributed by atoms with Gasteiger partial charge in [-0.3, -0.25) is 9.59 Å². The second-order valence-electron chi connectivity index (χ2n) is 4.29. The summed E-state index contributed by atoms with van der Waals surface area (Å²) >= 11 is 0. The fraction of sp³-hybridized carbons (Fsp3) is 0.385. The fourth-order valence-corrected chi connectivity index (χ4v) is 1.48. The van der Waals surface area contributed by atoms with Gasteiger partial charge in [0.2, 0.25) is 5.91 Å². The van der Waals surface area contributed by atoms with Crippen molar-refractivity contribution in [2.45, 2.75) is 19.9 Å². The van der Waals surface area contributed by atoms with Crippen molar-refractivity contribution in [3.05, 3.63) is 29.8 Å². The minimum atomic E-state index is -0.0121. The zero-order valence-corrected chi connectivity index (χ0v) is 10.4. The number of benzene rings is 1. The highest BCUT2D eigenvalue weighted by molar-refractivity contribution is 5.82. The van der Waals surface area contributed by atoms with Gasteiger partial charge in [-0.25, -0.2) is 0 Å². The number of nitrogens with zero attached hydrogens (tertiary/aromatic N) is 1. The van der Waals surface area contributed by atoms with Gasteiger partial charge < -0.3 is 10.2 Å². The summed E-state index contributed by atoms with van der Waals surface area (Å²) in [5.41, 5.74) is 1.54. The highest BCUT2D eigenvalue weighted by atomic mass is 16.2. The molecule has 0 heterocycles. The summed E-state index contributed by atoms with van der Waals surface area (Å²) in [5.74, 6) is -0.0121. The molecule has 1 rings (SSSR count). The van der Waals surface area contributed by atoms with Crippen LogP contribution in [0.3, 0.4) is 0 Å². The Kier molecular flexibility index (Phi) is 4.69. The first-order valence-corrected chi connectivity index (χ1v) is 5.58. The summed E-state index contributed by atoms with van der Waals surface area (Å²) in [7, 11) is 1.84. The van der Waals surface area contributed by atoms with Gasteiger partial charge in [0.15, 0.2) is 0 Å². The lowest BCUT2D eigenvalue weighted by molar-refractivity contribution is -0.120. The van der Waals surface area contributed by atoms with Gasteiger partial charge in [-0.15, -0.1) is 0 Å². The molecule has 0 bridgehead atoms. The van der Waals surface area contributed by atoms with Gasteiger partial charge in [0, 0.05) is 24.3 Å². The summed E-state index contributed by atoms with van der Waals surface area (Å²) in [4.78, 5) is 23.9. The average molecular weight is 234 g/mol. The molecule has 0 aliphatic carbocycles. The minimum Gasteiger partial charge on any atom is -0.365 e. The van der Waals surface area contributed by atoms with Crippen LogP contribution in [-0.2, 0) is 4.79 Å². The van der Waals surface area contributed by atoms with Crippen LogP contribution in [0.5, 0.6) is 0 Å². The molecule has 0 aliphatic rings. The van der Waals surface area contributed by atoms with Crippen molar-refractivity contribution in [3.63, 3.8) is 0 Å². The fourth-order valence-electron chi connectivity index (χ4n) is 1.48. The highest BCUT2D eigenvalue weighted by Gasteiger charge is 2.08. The Morgan fingerprint density at radius 3 is 2.41 bits per heavy atom. The van der Waals surface area contributed by atoms with Crippen LogP contribution < -0.4 is 10.2 Å². The van der Waals surface area contributed by atoms with E-state index in [1.165, 1.54) is 0 Å². The molecular formula is C13H18N2O2. The molecule has 4 heteroatoms. The molecule has 1 amide bonds. The van der Waals surface area contributed by atoms with Gasteiger partial charge in [0.1, 0.15) is 6.29 Å². The Hall–Kier alpha value is -1.84. The maximum atomic E-state index is 11.6. The Balaban J connectivity index is 2.59. The number of carbonyl (C=O) groups excluding carboxylic acids is 2. The lowest BCUT2D eigenvalue weighted by Gasteiger charge is -2.19. The van der Waals surface area contributed by atoms with Crippen LogP contribution in [0.4, 0.5) is 5.69 Å². The molecule has 0 spiro atoms. The van der Waals surface area contributed by atoms with E-state index in [2.05, 4.69) is 5.32 Å². The second kappa shape index (κ2) is 6.03. The highest BCUT2D eigenvalue weighted by Crippen LogP contribution is 2.12. The van der Waals surface area contributed by atoms with Gasteiger partial charge in [0.05, 0.1) is 6.54 Å². The first-order chi connectivity index (χ1) is 8.02. The molecule has 92 valence electrons. The van der Waals surface area contributed by atoms with Crippen molar-refractivity contribution in [1.29, 1.82) is 0 Å². The van der Waals surface area contributed by atoms with Crippen LogP contribution in [0.2, 0.25) is 0 Å². The number of aldehydes is 1. The molecule has 0 aliphatic heterocycles. The molecule has 0 atom stereocenters. The van der Waals surface area contributed by atoms with Crippen LogP contribution in [-0.4, -0.2) is 31.8 Å². The number of nitrogens with one attached hydrogen (secondary N) is 1. The predicted octanol–water partition coefficient (Wildman–Crippen LogP) is 1.46. The van der Waals surface area contributed by atoms with Crippen molar-refractivity contribution in [3.8, 4) is 0 Å². The van der Waals surface area contributed by atoms with Crippen LogP contribution in [0, 0.1) is 0 Å². The Bertz CT molecular complexity index is 385. The first-order valence-electron chi connectivity index (χ1n) is 5.58. The van der Waals surface area contributed by atoms with Crippen LogP contribution >= 0.6 is 0 Å². The van der Waals surface area contributed by atoms with Crippen molar-refractivity contribution in [2.75, 3.05) is 18.5 Å². The number of carbonyl (C=O) groups is 2. The van der Waals surface area contributed by atoms with Gasteiger partial charge in [-0.1, -0.05) is 0 Å². The third-order valence-corrected chi connectivity index (χ3v) is 2.30. The van der Waals surface area contributed by atoms with Gasteiger partial charge >= 0.3 is 0 Å². The summed E-state index contributed by atoms with van der Waals surface area (Å²) in [6.07, 6.45) is 0.801. The molecule has 0 unspecified atom stereocenters. The summed E-state index contributed by atoms with van der Waals surface area (Å²) < 4.78 is 0. The average Bonchev–Trinajstić information content (AvgIpc) is 2.28. The Morgan fingerprint density at radius 1 is 1.35 bits per heavy atom. The number of amides is 1. The number of hydrogen-bond donors (Lipinski definition) is 1. The molecule has 0 aromatic heterocycles. The SMILES string of the molecule is CC(C)NC(=O)CN(C)c1ccc(C=O)cc1. The molecule has 4 nitrogen and oxygen atoms in total. The van der Waals surface area contributed by atoms with Crippen molar-refractivity contribution >= 4 is 17.9 Å².